The first-order valence-electron chi connectivity index (χ1n) is 7.89. The monoisotopic (exact) mass is 317 g/mol. The SMILES string of the molecule is CC(C)=CC(=O)OC(c1ccccc1)c1nccc2ccccc12. The van der Waals surface area contributed by atoms with Gasteiger partial charge in [0.1, 0.15) is 0 Å². The van der Waals surface area contributed by atoms with E-state index >= 15 is 0 Å². The van der Waals surface area contributed by atoms with Crippen molar-refractivity contribution < 1.29 is 9.53 Å². The van der Waals surface area contributed by atoms with Crippen molar-refractivity contribution in [1.82, 2.24) is 4.98 Å². The average Bonchev–Trinajstić information content (AvgIpc) is 2.59. The molecular formula is C21H19NO2. The third-order valence-electron chi connectivity index (χ3n) is 3.70. The number of benzene rings is 2. The number of nitrogens with zero attached hydrogens (tertiary/aromatic N) is 1. The highest BCUT2D eigenvalue weighted by Gasteiger charge is 2.21. The van der Waals surface area contributed by atoms with Crippen molar-refractivity contribution in [3.05, 3.63) is 89.8 Å². The van der Waals surface area contributed by atoms with Crippen LogP contribution < -0.4 is 0 Å². The molecule has 0 fully saturated rings. The van der Waals surface area contributed by atoms with Crippen molar-refractivity contribution in [3.63, 3.8) is 0 Å². The summed E-state index contributed by atoms with van der Waals surface area (Å²) in [7, 11) is 0. The molecule has 120 valence electrons. The molecule has 0 N–H and O–H groups in total. The van der Waals surface area contributed by atoms with E-state index in [1.54, 1.807) is 6.20 Å². The van der Waals surface area contributed by atoms with Gasteiger partial charge in [0.05, 0.1) is 5.69 Å². The van der Waals surface area contributed by atoms with Crippen LogP contribution in [0, 0.1) is 0 Å². The van der Waals surface area contributed by atoms with E-state index in [-0.39, 0.29) is 5.97 Å². The Labute approximate surface area is 141 Å². The maximum absolute atomic E-state index is 12.2. The number of aromatic nitrogens is 1. The van der Waals surface area contributed by atoms with Crippen LogP contribution in [0.5, 0.6) is 0 Å². The van der Waals surface area contributed by atoms with E-state index in [1.807, 2.05) is 74.5 Å². The summed E-state index contributed by atoms with van der Waals surface area (Å²) < 4.78 is 5.76. The molecule has 0 bridgehead atoms. The Morgan fingerprint density at radius 1 is 1.00 bits per heavy atom. The van der Waals surface area contributed by atoms with Gasteiger partial charge >= 0.3 is 5.97 Å². The minimum Gasteiger partial charge on any atom is -0.448 e. The van der Waals surface area contributed by atoms with Gasteiger partial charge in [0.25, 0.3) is 0 Å². The lowest BCUT2D eigenvalue weighted by Gasteiger charge is -2.19. The van der Waals surface area contributed by atoms with Crippen LogP contribution in [-0.4, -0.2) is 11.0 Å². The van der Waals surface area contributed by atoms with E-state index in [0.29, 0.717) is 0 Å². The predicted octanol–water partition coefficient (Wildman–Crippen LogP) is 4.83. The number of carbonyl (C=O) groups is 1. The standard InChI is InChI=1S/C21H19NO2/c1-15(2)14-19(23)24-21(17-9-4-3-5-10-17)20-18-11-7-6-8-16(18)12-13-22-20/h3-14,21H,1-2H3. The molecule has 3 rings (SSSR count). The highest BCUT2D eigenvalue weighted by atomic mass is 16.5. The zero-order chi connectivity index (χ0) is 16.9. The minimum atomic E-state index is -0.541. The van der Waals surface area contributed by atoms with Gasteiger partial charge in [-0.25, -0.2) is 4.79 Å². The van der Waals surface area contributed by atoms with Gasteiger partial charge in [-0.05, 0) is 30.9 Å². The molecule has 0 amide bonds. The van der Waals surface area contributed by atoms with Gasteiger partial charge in [-0.2, -0.15) is 0 Å². The van der Waals surface area contributed by atoms with Gasteiger partial charge in [0.2, 0.25) is 0 Å². The average molecular weight is 317 g/mol. The molecule has 0 spiro atoms. The maximum Gasteiger partial charge on any atom is 0.331 e. The minimum absolute atomic E-state index is 0.362. The Bertz CT molecular complexity index is 875. The summed E-state index contributed by atoms with van der Waals surface area (Å²) in [6.45, 7) is 3.74. The molecule has 3 nitrogen and oxygen atoms in total. The molecular weight excluding hydrogens is 298 g/mol. The Morgan fingerprint density at radius 2 is 1.71 bits per heavy atom. The number of rotatable bonds is 4. The quantitative estimate of drug-likeness (QED) is 0.511. The third kappa shape index (κ3) is 3.51. The van der Waals surface area contributed by atoms with Crippen LogP contribution >= 0.6 is 0 Å². The van der Waals surface area contributed by atoms with Gasteiger partial charge in [-0.3, -0.25) is 4.98 Å². The van der Waals surface area contributed by atoms with Crippen LogP contribution in [0.3, 0.4) is 0 Å². The van der Waals surface area contributed by atoms with Gasteiger partial charge in [-0.15, -0.1) is 0 Å². The fraction of sp³-hybridized carbons (Fsp3) is 0.143. The van der Waals surface area contributed by atoms with Gasteiger partial charge in [0, 0.05) is 17.7 Å². The van der Waals surface area contributed by atoms with Crippen LogP contribution in [0.4, 0.5) is 0 Å². The predicted molar refractivity (Wildman–Crippen MR) is 95.6 cm³/mol. The lowest BCUT2D eigenvalue weighted by atomic mass is 10.0. The Hall–Kier alpha value is -2.94. The van der Waals surface area contributed by atoms with Gasteiger partial charge in [0.15, 0.2) is 6.10 Å². The maximum atomic E-state index is 12.2. The third-order valence-corrected chi connectivity index (χ3v) is 3.70. The van der Waals surface area contributed by atoms with E-state index in [4.69, 9.17) is 4.74 Å². The van der Waals surface area contributed by atoms with Crippen LogP contribution in [0.1, 0.15) is 31.2 Å². The van der Waals surface area contributed by atoms with Crippen molar-refractivity contribution in [2.75, 3.05) is 0 Å². The molecule has 0 aliphatic rings. The smallest absolute Gasteiger partial charge is 0.331 e. The molecule has 0 aliphatic heterocycles. The van der Waals surface area contributed by atoms with Crippen LogP contribution in [0.2, 0.25) is 0 Å². The van der Waals surface area contributed by atoms with Crippen LogP contribution in [0.15, 0.2) is 78.5 Å². The number of hydrogen-bond acceptors (Lipinski definition) is 3. The number of carbonyl (C=O) groups excluding carboxylic acids is 1. The largest absolute Gasteiger partial charge is 0.448 e. The number of fused-ring (bicyclic) bond motifs is 1. The van der Waals surface area contributed by atoms with E-state index in [9.17, 15) is 4.79 Å². The summed E-state index contributed by atoms with van der Waals surface area (Å²) in [5.41, 5.74) is 2.55. The van der Waals surface area contributed by atoms with E-state index in [2.05, 4.69) is 4.98 Å². The lowest BCUT2D eigenvalue weighted by Crippen LogP contribution is -2.13. The summed E-state index contributed by atoms with van der Waals surface area (Å²) in [4.78, 5) is 16.7. The second-order valence-electron chi connectivity index (χ2n) is 5.87. The first kappa shape index (κ1) is 15.9. The van der Waals surface area contributed by atoms with Gasteiger partial charge in [-0.1, -0.05) is 60.2 Å². The molecule has 1 aromatic heterocycles. The highest BCUT2D eigenvalue weighted by Crippen LogP contribution is 2.30. The zero-order valence-electron chi connectivity index (χ0n) is 13.8. The molecule has 1 atom stereocenters. The number of hydrogen-bond donors (Lipinski definition) is 0. The Morgan fingerprint density at radius 3 is 2.46 bits per heavy atom. The highest BCUT2D eigenvalue weighted by molar-refractivity contribution is 5.86. The summed E-state index contributed by atoms with van der Waals surface area (Å²) in [6, 6.07) is 19.6. The molecule has 0 saturated carbocycles. The summed E-state index contributed by atoms with van der Waals surface area (Å²) >= 11 is 0. The lowest BCUT2D eigenvalue weighted by molar-refractivity contribution is -0.141. The normalized spacial score (nSPS) is 11.8. The van der Waals surface area contributed by atoms with Crippen molar-refractivity contribution >= 4 is 16.7 Å². The van der Waals surface area contributed by atoms with Gasteiger partial charge < -0.3 is 4.74 Å². The van der Waals surface area contributed by atoms with E-state index in [1.165, 1.54) is 6.08 Å². The molecule has 1 unspecified atom stereocenters. The van der Waals surface area contributed by atoms with Crippen molar-refractivity contribution in [1.29, 1.82) is 0 Å². The molecule has 0 saturated heterocycles. The molecule has 3 heteroatoms. The molecule has 2 aromatic carbocycles. The van der Waals surface area contributed by atoms with E-state index < -0.39 is 6.10 Å². The number of pyridine rings is 1. The number of allylic oxidation sites excluding steroid dienone is 1. The summed E-state index contributed by atoms with van der Waals surface area (Å²) in [5.74, 6) is -0.362. The molecule has 3 aromatic rings. The Kier molecular flexibility index (Phi) is 4.71. The second-order valence-corrected chi connectivity index (χ2v) is 5.87. The fourth-order valence-electron chi connectivity index (χ4n) is 2.65. The zero-order valence-corrected chi connectivity index (χ0v) is 13.8. The molecule has 0 radical (unpaired) electrons. The second kappa shape index (κ2) is 7.09. The summed E-state index contributed by atoms with van der Waals surface area (Å²) in [6.07, 6.45) is 2.71. The van der Waals surface area contributed by atoms with Crippen LogP contribution in [0.25, 0.3) is 10.8 Å². The first-order chi connectivity index (χ1) is 11.6. The molecule has 0 aliphatic carbocycles. The number of esters is 1. The van der Waals surface area contributed by atoms with Crippen molar-refractivity contribution in [3.8, 4) is 0 Å². The first-order valence-corrected chi connectivity index (χ1v) is 7.89. The number of ether oxygens (including phenoxy) is 1. The van der Waals surface area contributed by atoms with Crippen molar-refractivity contribution in [2.24, 2.45) is 0 Å². The van der Waals surface area contributed by atoms with E-state index in [0.717, 1.165) is 27.6 Å². The molecule has 1 heterocycles. The fourth-order valence-corrected chi connectivity index (χ4v) is 2.65. The summed E-state index contributed by atoms with van der Waals surface area (Å²) in [5, 5.41) is 2.06. The van der Waals surface area contributed by atoms with Crippen LogP contribution in [-0.2, 0) is 9.53 Å². The van der Waals surface area contributed by atoms with Crippen molar-refractivity contribution in [2.45, 2.75) is 20.0 Å². The molecule has 24 heavy (non-hydrogen) atoms. The topological polar surface area (TPSA) is 39.2 Å². The Balaban J connectivity index is 2.10.